The molecule has 72 valence electrons. The van der Waals surface area contributed by atoms with Gasteiger partial charge in [-0.2, -0.15) is 0 Å². The first-order valence-electron chi connectivity index (χ1n) is 3.42. The van der Waals surface area contributed by atoms with Crippen LogP contribution in [-0.2, 0) is 15.9 Å². The van der Waals surface area contributed by atoms with Gasteiger partial charge in [-0.05, 0) is 17.7 Å². The van der Waals surface area contributed by atoms with Gasteiger partial charge < -0.3 is 5.73 Å². The fraction of sp³-hybridized carbons (Fsp3) is 0.143. The lowest BCUT2D eigenvalue weighted by molar-refractivity contribution is 0.598. The quantitative estimate of drug-likeness (QED) is 0.567. The molecule has 1 aromatic rings. The van der Waals surface area contributed by atoms with Crippen molar-refractivity contribution in [1.82, 2.24) is 0 Å². The van der Waals surface area contributed by atoms with E-state index >= 15 is 0 Å². The van der Waals surface area contributed by atoms with Crippen LogP contribution in [-0.4, -0.2) is 8.42 Å². The number of hydrogen-bond donors (Lipinski definition) is 2. The van der Waals surface area contributed by atoms with Gasteiger partial charge in [-0.1, -0.05) is 6.07 Å². The molecule has 0 radical (unpaired) electrons. The number of nitrogen functional groups attached to an aromatic ring is 1. The first kappa shape index (κ1) is 10.3. The maximum Gasteiger partial charge on any atom is 0.240 e. The minimum Gasteiger partial charge on any atom is -0.398 e. The minimum atomic E-state index is -3.73. The van der Waals surface area contributed by atoms with Crippen LogP contribution in [0.15, 0.2) is 23.1 Å². The Bertz CT molecular complexity index is 417. The van der Waals surface area contributed by atoms with Gasteiger partial charge >= 0.3 is 0 Å². The molecule has 0 atom stereocenters. The Morgan fingerprint density at radius 1 is 1.38 bits per heavy atom. The Labute approximate surface area is 81.5 Å². The van der Waals surface area contributed by atoms with Crippen molar-refractivity contribution in [2.24, 2.45) is 5.14 Å². The molecule has 0 saturated carbocycles. The van der Waals surface area contributed by atoms with Gasteiger partial charge in [0.1, 0.15) is 4.90 Å². The molecule has 0 amide bonds. The van der Waals surface area contributed by atoms with E-state index in [-0.39, 0.29) is 16.5 Å². The summed E-state index contributed by atoms with van der Waals surface area (Å²) in [5, 5.41) is 4.91. The number of primary sulfonamides is 1. The number of benzene rings is 1. The van der Waals surface area contributed by atoms with Crippen LogP contribution in [0.5, 0.6) is 0 Å². The van der Waals surface area contributed by atoms with Gasteiger partial charge in [-0.15, -0.1) is 11.6 Å². The van der Waals surface area contributed by atoms with Crippen molar-refractivity contribution < 1.29 is 8.42 Å². The van der Waals surface area contributed by atoms with Gasteiger partial charge in [0.05, 0.1) is 5.69 Å². The highest BCUT2D eigenvalue weighted by molar-refractivity contribution is 7.89. The fourth-order valence-electron chi connectivity index (χ4n) is 0.940. The van der Waals surface area contributed by atoms with E-state index in [9.17, 15) is 8.42 Å². The summed E-state index contributed by atoms with van der Waals surface area (Å²) in [7, 11) is -3.73. The van der Waals surface area contributed by atoms with Crippen molar-refractivity contribution in [3.05, 3.63) is 23.8 Å². The first-order chi connectivity index (χ1) is 5.95. The van der Waals surface area contributed by atoms with E-state index in [2.05, 4.69) is 0 Å². The molecular formula is C7H9ClN2O2S. The van der Waals surface area contributed by atoms with Gasteiger partial charge in [-0.25, -0.2) is 13.6 Å². The van der Waals surface area contributed by atoms with E-state index in [1.807, 2.05) is 0 Å². The lowest BCUT2D eigenvalue weighted by Gasteiger charge is -2.03. The van der Waals surface area contributed by atoms with Crippen LogP contribution >= 0.6 is 11.6 Å². The van der Waals surface area contributed by atoms with Crippen LogP contribution in [0.1, 0.15) is 5.56 Å². The number of sulfonamides is 1. The third-order valence-corrected chi connectivity index (χ3v) is 2.83. The molecule has 0 spiro atoms. The molecule has 4 N–H and O–H groups in total. The van der Waals surface area contributed by atoms with Crippen molar-refractivity contribution in [2.45, 2.75) is 10.8 Å². The van der Waals surface area contributed by atoms with Crippen LogP contribution in [0.3, 0.4) is 0 Å². The Balaban J connectivity index is 3.29. The van der Waals surface area contributed by atoms with Crippen LogP contribution in [0.2, 0.25) is 0 Å². The van der Waals surface area contributed by atoms with E-state index < -0.39 is 10.0 Å². The van der Waals surface area contributed by atoms with Crippen molar-refractivity contribution in [2.75, 3.05) is 5.73 Å². The van der Waals surface area contributed by atoms with Crippen LogP contribution in [0.25, 0.3) is 0 Å². The van der Waals surface area contributed by atoms with Gasteiger partial charge in [0.25, 0.3) is 0 Å². The second-order valence-electron chi connectivity index (χ2n) is 2.55. The number of halogens is 1. The SMILES string of the molecule is Nc1cc(CCl)ccc1S(N)(=O)=O. The largest absolute Gasteiger partial charge is 0.398 e. The average Bonchev–Trinajstić information content (AvgIpc) is 2.01. The van der Waals surface area contributed by atoms with Gasteiger partial charge in [0, 0.05) is 5.88 Å². The number of alkyl halides is 1. The molecule has 0 saturated heterocycles. The zero-order chi connectivity index (χ0) is 10.1. The second kappa shape index (κ2) is 3.53. The third-order valence-electron chi connectivity index (χ3n) is 1.54. The lowest BCUT2D eigenvalue weighted by Crippen LogP contribution is -2.14. The van der Waals surface area contributed by atoms with Gasteiger partial charge in [0.2, 0.25) is 10.0 Å². The zero-order valence-corrected chi connectivity index (χ0v) is 8.27. The van der Waals surface area contributed by atoms with Crippen LogP contribution in [0.4, 0.5) is 5.69 Å². The fourth-order valence-corrected chi connectivity index (χ4v) is 1.75. The molecule has 6 heteroatoms. The van der Waals surface area contributed by atoms with Crippen LogP contribution in [0, 0.1) is 0 Å². The average molecular weight is 221 g/mol. The van der Waals surface area contributed by atoms with E-state index in [4.69, 9.17) is 22.5 Å². The summed E-state index contributed by atoms with van der Waals surface area (Å²) in [5.41, 5.74) is 6.35. The number of rotatable bonds is 2. The molecular weight excluding hydrogens is 212 g/mol. The molecule has 1 aromatic carbocycles. The normalized spacial score (nSPS) is 11.5. The summed E-state index contributed by atoms with van der Waals surface area (Å²) in [5.74, 6) is 0.287. The molecule has 0 aliphatic heterocycles. The first-order valence-corrected chi connectivity index (χ1v) is 5.50. The number of anilines is 1. The van der Waals surface area contributed by atoms with E-state index in [1.54, 1.807) is 6.07 Å². The number of hydrogen-bond acceptors (Lipinski definition) is 3. The predicted molar refractivity (Wildman–Crippen MR) is 51.8 cm³/mol. The summed E-state index contributed by atoms with van der Waals surface area (Å²) in [6.07, 6.45) is 0. The summed E-state index contributed by atoms with van der Waals surface area (Å²) in [6.45, 7) is 0. The maximum absolute atomic E-state index is 10.9. The van der Waals surface area contributed by atoms with Crippen molar-refractivity contribution >= 4 is 27.3 Å². The zero-order valence-electron chi connectivity index (χ0n) is 6.70. The molecule has 0 aromatic heterocycles. The predicted octanol–water partition coefficient (Wildman–Crippen LogP) is 0.655. The minimum absolute atomic E-state index is 0.0682. The summed E-state index contributed by atoms with van der Waals surface area (Å²) in [6, 6.07) is 4.41. The highest BCUT2D eigenvalue weighted by Crippen LogP contribution is 2.19. The van der Waals surface area contributed by atoms with E-state index in [1.165, 1.54) is 12.1 Å². The molecule has 0 unspecified atom stereocenters. The molecule has 0 aliphatic rings. The van der Waals surface area contributed by atoms with Gasteiger partial charge in [-0.3, -0.25) is 0 Å². The molecule has 0 fully saturated rings. The highest BCUT2D eigenvalue weighted by Gasteiger charge is 2.11. The van der Waals surface area contributed by atoms with Crippen LogP contribution < -0.4 is 10.9 Å². The molecule has 4 nitrogen and oxygen atoms in total. The molecule has 13 heavy (non-hydrogen) atoms. The Morgan fingerprint density at radius 2 is 2.00 bits per heavy atom. The Morgan fingerprint density at radius 3 is 2.38 bits per heavy atom. The summed E-state index contributed by atoms with van der Waals surface area (Å²) < 4.78 is 21.8. The molecule has 1 rings (SSSR count). The number of nitrogens with two attached hydrogens (primary N) is 2. The standard InChI is InChI=1S/C7H9ClN2O2S/c8-4-5-1-2-7(6(9)3-5)13(10,11)12/h1-3H,4,9H2,(H2,10,11,12). The maximum atomic E-state index is 10.9. The summed E-state index contributed by atoms with van der Waals surface area (Å²) in [4.78, 5) is -0.0682. The van der Waals surface area contributed by atoms with E-state index in [0.717, 1.165) is 5.56 Å². The summed E-state index contributed by atoms with van der Waals surface area (Å²) >= 11 is 5.53. The smallest absolute Gasteiger partial charge is 0.240 e. The van der Waals surface area contributed by atoms with Crippen molar-refractivity contribution in [3.8, 4) is 0 Å². The topological polar surface area (TPSA) is 86.2 Å². The third kappa shape index (κ3) is 2.33. The monoisotopic (exact) mass is 220 g/mol. The Kier molecular flexibility index (Phi) is 2.80. The van der Waals surface area contributed by atoms with Crippen molar-refractivity contribution in [1.29, 1.82) is 0 Å². The van der Waals surface area contributed by atoms with Crippen molar-refractivity contribution in [3.63, 3.8) is 0 Å². The van der Waals surface area contributed by atoms with E-state index in [0.29, 0.717) is 0 Å². The molecule has 0 aliphatic carbocycles. The Hall–Kier alpha value is -0.780. The second-order valence-corrected chi connectivity index (χ2v) is 4.35. The lowest BCUT2D eigenvalue weighted by atomic mass is 10.2. The molecule has 0 bridgehead atoms. The van der Waals surface area contributed by atoms with Gasteiger partial charge in [0.15, 0.2) is 0 Å². The molecule has 0 heterocycles. The highest BCUT2D eigenvalue weighted by atomic mass is 35.5.